The Hall–Kier alpha value is -2.75. The molecule has 0 radical (unpaired) electrons. The van der Waals surface area contributed by atoms with E-state index in [2.05, 4.69) is 25.6 Å². The van der Waals surface area contributed by atoms with Crippen molar-refractivity contribution in [3.63, 3.8) is 0 Å². The molecule has 158 valence electrons. The molecule has 10 heteroatoms. The third kappa shape index (κ3) is 6.38. The van der Waals surface area contributed by atoms with E-state index in [9.17, 15) is 13.2 Å². The molecule has 1 fully saturated rings. The van der Waals surface area contributed by atoms with Gasteiger partial charge in [-0.1, -0.05) is 0 Å². The molecule has 4 N–H and O–H groups in total. The molecule has 1 heterocycles. The topological polar surface area (TPSA) is 125 Å². The summed E-state index contributed by atoms with van der Waals surface area (Å²) < 4.78 is 30.4. The van der Waals surface area contributed by atoms with Gasteiger partial charge in [-0.25, -0.2) is 13.2 Å². The number of hydrogen-bond donors (Lipinski definition) is 4. The second-order valence-electron chi connectivity index (χ2n) is 7.62. The Balaban J connectivity index is 1.54. The first-order valence-corrected chi connectivity index (χ1v) is 11.4. The number of H-pyrrole nitrogens is 1. The molecule has 0 bridgehead atoms. The maximum absolute atomic E-state index is 11.8. The van der Waals surface area contributed by atoms with E-state index in [1.165, 1.54) is 0 Å². The number of carbonyl (C=O) groups excluding carboxylic acids is 1. The Morgan fingerprint density at radius 2 is 1.90 bits per heavy atom. The molecule has 1 amide bonds. The van der Waals surface area contributed by atoms with Crippen LogP contribution in [-0.4, -0.2) is 43.1 Å². The van der Waals surface area contributed by atoms with E-state index >= 15 is 0 Å². The van der Waals surface area contributed by atoms with Crippen molar-refractivity contribution >= 4 is 33.3 Å². The maximum Gasteiger partial charge on any atom is 0.407 e. The Morgan fingerprint density at radius 1 is 1.21 bits per heavy atom. The summed E-state index contributed by atoms with van der Waals surface area (Å²) in [6.45, 7) is 3.79. The number of anilines is 3. The first-order chi connectivity index (χ1) is 13.7. The Labute approximate surface area is 170 Å². The first kappa shape index (κ1) is 21.0. The Kier molecular flexibility index (Phi) is 6.31. The lowest BCUT2D eigenvalue weighted by molar-refractivity contribution is 0.0981. The molecule has 0 unspecified atom stereocenters. The number of alkyl carbamates (subject to hydrolysis) is 1. The van der Waals surface area contributed by atoms with Gasteiger partial charge in [-0.3, -0.25) is 9.82 Å². The highest BCUT2D eigenvalue weighted by atomic mass is 32.2. The second-order valence-corrected chi connectivity index (χ2v) is 9.37. The number of nitrogens with one attached hydrogen (secondary N) is 4. The van der Waals surface area contributed by atoms with E-state index in [0.29, 0.717) is 11.5 Å². The number of nitrogens with zero attached hydrogens (tertiary/aromatic N) is 1. The lowest BCUT2D eigenvalue weighted by atomic mass is 10.0. The standard InChI is InChI=1S/C19H27N5O4S/c1-12(2)20-19(25)28-16-9-4-13(10-16)17-11-18(23-22-17)21-14-5-7-15(8-6-14)24-29(3,26)27/h5-8,11-13,16,24H,4,9-10H2,1-3H3,(H,20,25)(H2,21,22,23)/t13-,16+/m0/s1. The van der Waals surface area contributed by atoms with Crippen LogP contribution in [0.1, 0.15) is 44.7 Å². The number of aromatic nitrogens is 2. The number of carbonyl (C=O) groups is 1. The van der Waals surface area contributed by atoms with Crippen molar-refractivity contribution in [2.75, 3.05) is 16.3 Å². The van der Waals surface area contributed by atoms with Crippen LogP contribution in [0.25, 0.3) is 0 Å². The van der Waals surface area contributed by atoms with Gasteiger partial charge >= 0.3 is 6.09 Å². The number of sulfonamides is 1. The lowest BCUT2D eigenvalue weighted by Gasteiger charge is -2.14. The van der Waals surface area contributed by atoms with Gasteiger partial charge in [0.15, 0.2) is 5.82 Å². The summed E-state index contributed by atoms with van der Waals surface area (Å²) in [6.07, 6.45) is 3.17. The number of aromatic amines is 1. The SMILES string of the molecule is CC(C)NC(=O)O[C@@H]1CC[C@H](c2cc(Nc3ccc(NS(C)(=O)=O)cc3)n[nH]2)C1. The molecule has 0 spiro atoms. The number of hydrogen-bond acceptors (Lipinski definition) is 6. The summed E-state index contributed by atoms with van der Waals surface area (Å²) in [5, 5.41) is 13.3. The summed E-state index contributed by atoms with van der Waals surface area (Å²) in [5.74, 6) is 0.932. The van der Waals surface area contributed by atoms with Crippen molar-refractivity contribution in [3.8, 4) is 0 Å². The monoisotopic (exact) mass is 421 g/mol. The van der Waals surface area contributed by atoms with Crippen LogP contribution in [0.2, 0.25) is 0 Å². The van der Waals surface area contributed by atoms with Gasteiger partial charge in [-0.2, -0.15) is 5.10 Å². The predicted octanol–water partition coefficient (Wildman–Crippen LogP) is 3.30. The quantitative estimate of drug-likeness (QED) is 0.544. The van der Waals surface area contributed by atoms with Gasteiger partial charge in [0.1, 0.15) is 6.10 Å². The lowest BCUT2D eigenvalue weighted by Crippen LogP contribution is -2.33. The summed E-state index contributed by atoms with van der Waals surface area (Å²) in [7, 11) is -3.30. The van der Waals surface area contributed by atoms with Crippen molar-refractivity contribution in [2.45, 2.75) is 51.2 Å². The highest BCUT2D eigenvalue weighted by Crippen LogP contribution is 2.36. The van der Waals surface area contributed by atoms with Crippen LogP contribution < -0.4 is 15.4 Å². The Morgan fingerprint density at radius 3 is 2.55 bits per heavy atom. The van der Waals surface area contributed by atoms with E-state index in [1.807, 2.05) is 19.9 Å². The number of rotatable bonds is 7. The minimum Gasteiger partial charge on any atom is -0.446 e. The van der Waals surface area contributed by atoms with Crippen molar-refractivity contribution < 1.29 is 17.9 Å². The van der Waals surface area contributed by atoms with Crippen molar-refractivity contribution in [1.29, 1.82) is 0 Å². The predicted molar refractivity (Wildman–Crippen MR) is 112 cm³/mol. The highest BCUT2D eigenvalue weighted by Gasteiger charge is 2.30. The minimum atomic E-state index is -3.30. The molecule has 1 saturated carbocycles. The van der Waals surface area contributed by atoms with Gasteiger partial charge in [-0.15, -0.1) is 0 Å². The van der Waals surface area contributed by atoms with Crippen LogP contribution in [0.4, 0.5) is 22.0 Å². The zero-order valence-electron chi connectivity index (χ0n) is 16.7. The van der Waals surface area contributed by atoms with Crippen molar-refractivity contribution in [1.82, 2.24) is 15.5 Å². The third-order valence-electron chi connectivity index (χ3n) is 4.56. The Bertz CT molecular complexity index is 940. The van der Waals surface area contributed by atoms with Crippen LogP contribution in [0.5, 0.6) is 0 Å². The smallest absolute Gasteiger partial charge is 0.407 e. The normalized spacial score (nSPS) is 19.2. The average molecular weight is 422 g/mol. The summed E-state index contributed by atoms with van der Waals surface area (Å²) >= 11 is 0. The van der Waals surface area contributed by atoms with E-state index in [0.717, 1.165) is 36.9 Å². The molecule has 0 saturated heterocycles. The van der Waals surface area contributed by atoms with Gasteiger partial charge in [0, 0.05) is 35.1 Å². The molecular formula is C19H27N5O4S. The number of ether oxygens (including phenoxy) is 1. The molecule has 29 heavy (non-hydrogen) atoms. The molecule has 2 atom stereocenters. The first-order valence-electron chi connectivity index (χ1n) is 9.55. The fraction of sp³-hybridized carbons (Fsp3) is 0.474. The molecule has 9 nitrogen and oxygen atoms in total. The van der Waals surface area contributed by atoms with Gasteiger partial charge in [0.05, 0.1) is 6.26 Å². The van der Waals surface area contributed by atoms with Crippen molar-refractivity contribution in [3.05, 3.63) is 36.0 Å². The highest BCUT2D eigenvalue weighted by molar-refractivity contribution is 7.92. The van der Waals surface area contributed by atoms with Gasteiger partial charge in [-0.05, 0) is 57.4 Å². The third-order valence-corrected chi connectivity index (χ3v) is 5.17. The van der Waals surface area contributed by atoms with Crippen molar-refractivity contribution in [2.24, 2.45) is 0 Å². The van der Waals surface area contributed by atoms with E-state index in [-0.39, 0.29) is 24.2 Å². The van der Waals surface area contributed by atoms with E-state index in [4.69, 9.17) is 4.74 Å². The minimum absolute atomic E-state index is 0.0529. The largest absolute Gasteiger partial charge is 0.446 e. The van der Waals surface area contributed by atoms with Gasteiger partial charge < -0.3 is 15.4 Å². The zero-order valence-corrected chi connectivity index (χ0v) is 17.5. The van der Waals surface area contributed by atoms with E-state index in [1.54, 1.807) is 24.3 Å². The molecule has 1 aliphatic carbocycles. The number of benzene rings is 1. The molecule has 2 aromatic rings. The fourth-order valence-corrected chi connectivity index (χ4v) is 3.91. The number of amides is 1. The van der Waals surface area contributed by atoms with Gasteiger partial charge in [0.2, 0.25) is 10.0 Å². The molecule has 1 aliphatic rings. The summed E-state index contributed by atoms with van der Waals surface area (Å²) in [5.41, 5.74) is 2.29. The van der Waals surface area contributed by atoms with E-state index < -0.39 is 10.0 Å². The van der Waals surface area contributed by atoms with Crippen LogP contribution in [0.15, 0.2) is 30.3 Å². The molecule has 0 aliphatic heterocycles. The molecule has 1 aromatic heterocycles. The second kappa shape index (κ2) is 8.73. The summed E-state index contributed by atoms with van der Waals surface area (Å²) in [6, 6.07) is 8.90. The van der Waals surface area contributed by atoms with Crippen LogP contribution in [0, 0.1) is 0 Å². The fourth-order valence-electron chi connectivity index (χ4n) is 3.34. The van der Waals surface area contributed by atoms with Gasteiger partial charge in [0.25, 0.3) is 0 Å². The maximum atomic E-state index is 11.8. The molecule has 3 rings (SSSR count). The average Bonchev–Trinajstić information content (AvgIpc) is 3.24. The van der Waals surface area contributed by atoms with Crippen LogP contribution in [-0.2, 0) is 14.8 Å². The summed E-state index contributed by atoms with van der Waals surface area (Å²) in [4.78, 5) is 11.8. The van der Waals surface area contributed by atoms with Crippen LogP contribution >= 0.6 is 0 Å². The zero-order chi connectivity index (χ0) is 21.0. The molecular weight excluding hydrogens is 394 g/mol. The molecule has 1 aromatic carbocycles. The van der Waals surface area contributed by atoms with Crippen LogP contribution in [0.3, 0.4) is 0 Å².